The SMILES string of the molecule is O=C(O)Cc1c[nH]c2ccc(Oc3cccc(-c4nnc(Cc5ccccc5)[nH]4)c3)cc12. The molecule has 5 aromatic rings. The molecule has 0 bridgehead atoms. The van der Waals surface area contributed by atoms with E-state index in [2.05, 4.69) is 32.3 Å². The minimum atomic E-state index is -0.872. The highest BCUT2D eigenvalue weighted by Crippen LogP contribution is 2.29. The number of nitrogens with one attached hydrogen (secondary N) is 2. The molecule has 0 amide bonds. The molecule has 0 spiro atoms. The van der Waals surface area contributed by atoms with Gasteiger partial charge in [-0.1, -0.05) is 42.5 Å². The van der Waals surface area contributed by atoms with Gasteiger partial charge < -0.3 is 19.8 Å². The van der Waals surface area contributed by atoms with Crippen LogP contribution < -0.4 is 4.74 Å². The third kappa shape index (κ3) is 4.22. The minimum Gasteiger partial charge on any atom is -0.481 e. The van der Waals surface area contributed by atoms with Crippen molar-refractivity contribution in [1.82, 2.24) is 20.2 Å². The molecule has 7 heteroatoms. The summed E-state index contributed by atoms with van der Waals surface area (Å²) in [4.78, 5) is 17.5. The average molecular weight is 424 g/mol. The fraction of sp³-hybridized carbons (Fsp3) is 0.0800. The first-order valence-electron chi connectivity index (χ1n) is 10.2. The summed E-state index contributed by atoms with van der Waals surface area (Å²) < 4.78 is 6.06. The summed E-state index contributed by atoms with van der Waals surface area (Å²) in [7, 11) is 0. The molecular weight excluding hydrogens is 404 g/mol. The molecule has 0 fully saturated rings. The number of carboxylic acids is 1. The van der Waals surface area contributed by atoms with E-state index >= 15 is 0 Å². The van der Waals surface area contributed by atoms with E-state index in [1.165, 1.54) is 0 Å². The van der Waals surface area contributed by atoms with Gasteiger partial charge in [-0.05, 0) is 41.5 Å². The minimum absolute atomic E-state index is 0.0459. The molecule has 158 valence electrons. The standard InChI is InChI=1S/C25H20N4O3/c30-24(31)13-18-15-26-22-10-9-20(14-21(18)22)32-19-8-4-7-17(12-19)25-27-23(28-29-25)11-16-5-2-1-3-6-16/h1-10,12,14-15,26H,11,13H2,(H,30,31)(H,27,28,29). The third-order valence-corrected chi connectivity index (χ3v) is 5.17. The molecular formula is C25H20N4O3. The summed E-state index contributed by atoms with van der Waals surface area (Å²) in [6.07, 6.45) is 2.36. The van der Waals surface area contributed by atoms with Crippen molar-refractivity contribution in [3.05, 3.63) is 95.9 Å². The number of carbonyl (C=O) groups is 1. The zero-order valence-corrected chi connectivity index (χ0v) is 17.1. The van der Waals surface area contributed by atoms with Crippen molar-refractivity contribution in [2.75, 3.05) is 0 Å². The van der Waals surface area contributed by atoms with Crippen LogP contribution in [0.2, 0.25) is 0 Å². The van der Waals surface area contributed by atoms with Gasteiger partial charge >= 0.3 is 5.97 Å². The highest BCUT2D eigenvalue weighted by Gasteiger charge is 2.11. The van der Waals surface area contributed by atoms with Crippen LogP contribution in [-0.4, -0.2) is 31.2 Å². The van der Waals surface area contributed by atoms with Crippen molar-refractivity contribution < 1.29 is 14.6 Å². The van der Waals surface area contributed by atoms with Crippen LogP contribution >= 0.6 is 0 Å². The van der Waals surface area contributed by atoms with Crippen LogP contribution in [0.1, 0.15) is 17.0 Å². The molecule has 2 heterocycles. The molecule has 5 rings (SSSR count). The van der Waals surface area contributed by atoms with Crippen LogP contribution in [0.5, 0.6) is 11.5 Å². The van der Waals surface area contributed by atoms with Gasteiger partial charge in [-0.2, -0.15) is 0 Å². The molecule has 0 aliphatic heterocycles. The topological polar surface area (TPSA) is 104 Å². The fourth-order valence-electron chi connectivity index (χ4n) is 3.67. The number of ether oxygens (including phenoxy) is 1. The quantitative estimate of drug-likeness (QED) is 0.342. The molecule has 3 N–H and O–H groups in total. The molecule has 7 nitrogen and oxygen atoms in total. The first kappa shape index (κ1) is 19.6. The number of carboxylic acid groups (broad SMARTS) is 1. The Hall–Kier alpha value is -4.39. The van der Waals surface area contributed by atoms with Crippen molar-refractivity contribution >= 4 is 16.9 Å². The molecule has 0 atom stereocenters. The number of benzene rings is 3. The van der Waals surface area contributed by atoms with Gasteiger partial charge in [0, 0.05) is 29.1 Å². The van der Waals surface area contributed by atoms with Gasteiger partial charge in [0.05, 0.1) is 6.42 Å². The third-order valence-electron chi connectivity index (χ3n) is 5.17. The molecule has 0 aliphatic rings. The van der Waals surface area contributed by atoms with Crippen LogP contribution in [-0.2, 0) is 17.6 Å². The summed E-state index contributed by atoms with van der Waals surface area (Å²) in [5.74, 6) is 1.87. The lowest BCUT2D eigenvalue weighted by Crippen LogP contribution is -1.98. The Labute approximate surface area is 183 Å². The molecule has 2 aromatic heterocycles. The average Bonchev–Trinajstić information content (AvgIpc) is 3.42. The number of fused-ring (bicyclic) bond motifs is 1. The molecule has 0 unspecified atom stereocenters. The highest BCUT2D eigenvalue weighted by atomic mass is 16.5. The van der Waals surface area contributed by atoms with E-state index in [0.29, 0.717) is 23.7 Å². The van der Waals surface area contributed by atoms with Gasteiger partial charge in [-0.25, -0.2) is 0 Å². The van der Waals surface area contributed by atoms with E-state index in [0.717, 1.165) is 33.4 Å². The number of H-pyrrole nitrogens is 2. The smallest absolute Gasteiger partial charge is 0.307 e. The molecule has 0 saturated heterocycles. The van der Waals surface area contributed by atoms with Gasteiger partial charge in [0.1, 0.15) is 17.3 Å². The summed E-state index contributed by atoms with van der Waals surface area (Å²) in [6, 6.07) is 23.3. The zero-order valence-electron chi connectivity index (χ0n) is 17.1. The lowest BCUT2D eigenvalue weighted by Gasteiger charge is -2.07. The second-order valence-electron chi connectivity index (χ2n) is 7.50. The van der Waals surface area contributed by atoms with Gasteiger partial charge in [0.15, 0.2) is 5.82 Å². The number of nitrogens with zero attached hydrogens (tertiary/aromatic N) is 2. The number of rotatable bonds is 7. The maximum Gasteiger partial charge on any atom is 0.307 e. The monoisotopic (exact) mass is 424 g/mol. The molecule has 0 saturated carbocycles. The Morgan fingerprint density at radius 1 is 0.938 bits per heavy atom. The number of hydrogen-bond acceptors (Lipinski definition) is 4. The largest absolute Gasteiger partial charge is 0.481 e. The Morgan fingerprint density at radius 3 is 2.62 bits per heavy atom. The van der Waals surface area contributed by atoms with Crippen LogP contribution in [0, 0.1) is 0 Å². The summed E-state index contributed by atoms with van der Waals surface area (Å²) in [6.45, 7) is 0. The number of aliphatic carboxylic acids is 1. The van der Waals surface area contributed by atoms with Crippen molar-refractivity contribution in [3.63, 3.8) is 0 Å². The number of hydrogen-bond donors (Lipinski definition) is 3. The van der Waals surface area contributed by atoms with Crippen molar-refractivity contribution in [3.8, 4) is 22.9 Å². The van der Waals surface area contributed by atoms with E-state index in [1.807, 2.05) is 60.7 Å². The normalized spacial score (nSPS) is 11.0. The van der Waals surface area contributed by atoms with Crippen LogP contribution in [0.25, 0.3) is 22.3 Å². The summed E-state index contributed by atoms with van der Waals surface area (Å²) >= 11 is 0. The van der Waals surface area contributed by atoms with Crippen molar-refractivity contribution in [2.24, 2.45) is 0 Å². The van der Waals surface area contributed by atoms with Gasteiger partial charge in [-0.3, -0.25) is 4.79 Å². The van der Waals surface area contributed by atoms with Gasteiger partial charge in [-0.15, -0.1) is 10.2 Å². The van der Waals surface area contributed by atoms with Crippen LogP contribution in [0.3, 0.4) is 0 Å². The van der Waals surface area contributed by atoms with Crippen molar-refractivity contribution in [1.29, 1.82) is 0 Å². The van der Waals surface area contributed by atoms with E-state index in [4.69, 9.17) is 9.84 Å². The van der Waals surface area contributed by atoms with Crippen LogP contribution in [0.4, 0.5) is 0 Å². The number of aromatic nitrogens is 4. The Kier molecular flexibility index (Phi) is 5.13. The summed E-state index contributed by atoms with van der Waals surface area (Å²) in [5, 5.41) is 18.5. The summed E-state index contributed by atoms with van der Waals surface area (Å²) in [5.41, 5.74) is 3.62. The number of aromatic amines is 2. The van der Waals surface area contributed by atoms with E-state index < -0.39 is 5.97 Å². The zero-order chi connectivity index (χ0) is 21.9. The maximum absolute atomic E-state index is 11.1. The second kappa shape index (κ2) is 8.39. The van der Waals surface area contributed by atoms with E-state index in [9.17, 15) is 4.79 Å². The molecule has 0 radical (unpaired) electrons. The first-order valence-corrected chi connectivity index (χ1v) is 10.2. The van der Waals surface area contributed by atoms with Gasteiger partial charge in [0.2, 0.25) is 0 Å². The van der Waals surface area contributed by atoms with Crippen molar-refractivity contribution in [2.45, 2.75) is 12.8 Å². The lowest BCUT2D eigenvalue weighted by molar-refractivity contribution is -0.136. The fourth-order valence-corrected chi connectivity index (χ4v) is 3.67. The Bertz CT molecular complexity index is 1390. The van der Waals surface area contributed by atoms with E-state index in [1.54, 1.807) is 6.20 Å². The molecule has 32 heavy (non-hydrogen) atoms. The predicted molar refractivity (Wildman–Crippen MR) is 121 cm³/mol. The van der Waals surface area contributed by atoms with Crippen LogP contribution in [0.15, 0.2) is 79.0 Å². The highest BCUT2D eigenvalue weighted by molar-refractivity contribution is 5.88. The first-order chi connectivity index (χ1) is 15.6. The maximum atomic E-state index is 11.1. The Morgan fingerprint density at radius 2 is 1.78 bits per heavy atom. The lowest BCUT2D eigenvalue weighted by atomic mass is 10.1. The molecule has 0 aliphatic carbocycles. The second-order valence-corrected chi connectivity index (χ2v) is 7.50. The molecule has 3 aromatic carbocycles. The predicted octanol–water partition coefficient (Wildman–Crippen LogP) is 4.96. The van der Waals surface area contributed by atoms with Gasteiger partial charge in [0.25, 0.3) is 0 Å². The van der Waals surface area contributed by atoms with E-state index in [-0.39, 0.29) is 6.42 Å². The Balaban J connectivity index is 1.36.